The van der Waals surface area contributed by atoms with Crippen LogP contribution in [0.25, 0.3) is 0 Å². The van der Waals surface area contributed by atoms with Crippen LogP contribution >= 0.6 is 33.9 Å². The summed E-state index contributed by atoms with van der Waals surface area (Å²) >= 11 is 3.37. The standard InChI is InChI=1S/C18H17IN2O5S/c1-25-17(23)14-11-7-8-21(18(24)26-2)9-13(11)27-16(14)20-15(22)10-5-3-4-6-12(10)19/h3-6H,7-9H2,1-2H3,(H,20,22). The van der Waals surface area contributed by atoms with Crippen molar-refractivity contribution in [1.29, 1.82) is 0 Å². The van der Waals surface area contributed by atoms with Crippen molar-refractivity contribution in [1.82, 2.24) is 4.90 Å². The maximum absolute atomic E-state index is 12.7. The zero-order valence-electron chi connectivity index (χ0n) is 14.7. The maximum Gasteiger partial charge on any atom is 0.409 e. The number of anilines is 1. The molecule has 0 spiro atoms. The highest BCUT2D eigenvalue weighted by atomic mass is 127. The van der Waals surface area contributed by atoms with Gasteiger partial charge in [-0.15, -0.1) is 11.3 Å². The molecule has 0 saturated heterocycles. The monoisotopic (exact) mass is 500 g/mol. The maximum atomic E-state index is 12.7. The molecule has 2 amide bonds. The Morgan fingerprint density at radius 1 is 1.19 bits per heavy atom. The average Bonchev–Trinajstić information content (AvgIpc) is 3.03. The first kappa shape index (κ1) is 19.6. The van der Waals surface area contributed by atoms with Gasteiger partial charge in [0.1, 0.15) is 5.00 Å². The van der Waals surface area contributed by atoms with Gasteiger partial charge in [-0.2, -0.15) is 0 Å². The van der Waals surface area contributed by atoms with Crippen LogP contribution in [0.1, 0.15) is 31.2 Å². The van der Waals surface area contributed by atoms with Crippen LogP contribution < -0.4 is 5.32 Å². The third-order valence-electron chi connectivity index (χ3n) is 4.22. The smallest absolute Gasteiger partial charge is 0.409 e. The molecule has 1 aromatic heterocycles. The van der Waals surface area contributed by atoms with E-state index >= 15 is 0 Å². The Bertz CT molecular complexity index is 911. The molecule has 7 nitrogen and oxygen atoms in total. The number of carbonyl (C=O) groups excluding carboxylic acids is 3. The van der Waals surface area contributed by atoms with Gasteiger partial charge in [0.2, 0.25) is 0 Å². The van der Waals surface area contributed by atoms with E-state index in [0.29, 0.717) is 35.6 Å². The van der Waals surface area contributed by atoms with Crippen LogP contribution in [0, 0.1) is 3.57 Å². The Morgan fingerprint density at radius 2 is 1.93 bits per heavy atom. The van der Waals surface area contributed by atoms with Crippen molar-refractivity contribution < 1.29 is 23.9 Å². The largest absolute Gasteiger partial charge is 0.465 e. The number of carbonyl (C=O) groups is 3. The molecule has 1 N–H and O–H groups in total. The van der Waals surface area contributed by atoms with Crippen molar-refractivity contribution >= 4 is 56.9 Å². The molecule has 0 aliphatic carbocycles. The van der Waals surface area contributed by atoms with Crippen LogP contribution in [0.2, 0.25) is 0 Å². The van der Waals surface area contributed by atoms with Gasteiger partial charge in [-0.25, -0.2) is 9.59 Å². The van der Waals surface area contributed by atoms with Gasteiger partial charge in [-0.3, -0.25) is 4.79 Å². The van der Waals surface area contributed by atoms with E-state index in [9.17, 15) is 14.4 Å². The highest BCUT2D eigenvalue weighted by Gasteiger charge is 2.31. The van der Waals surface area contributed by atoms with Crippen molar-refractivity contribution in [3.05, 3.63) is 49.4 Å². The lowest BCUT2D eigenvalue weighted by atomic mass is 10.0. The lowest BCUT2D eigenvalue weighted by Crippen LogP contribution is -2.35. The number of benzene rings is 1. The molecule has 0 unspecified atom stereocenters. The molecule has 0 saturated carbocycles. The minimum absolute atomic E-state index is 0.298. The van der Waals surface area contributed by atoms with Crippen molar-refractivity contribution in [3.8, 4) is 0 Å². The molecule has 2 aromatic rings. The second-order valence-electron chi connectivity index (χ2n) is 5.78. The van der Waals surface area contributed by atoms with E-state index in [2.05, 4.69) is 27.9 Å². The molecule has 1 aliphatic rings. The Balaban J connectivity index is 1.95. The zero-order chi connectivity index (χ0) is 19.6. The molecule has 27 heavy (non-hydrogen) atoms. The number of amides is 2. The molecule has 1 aromatic carbocycles. The van der Waals surface area contributed by atoms with E-state index in [4.69, 9.17) is 9.47 Å². The van der Waals surface area contributed by atoms with Crippen molar-refractivity contribution in [3.63, 3.8) is 0 Å². The van der Waals surface area contributed by atoms with Crippen LogP contribution in [-0.2, 0) is 22.4 Å². The quantitative estimate of drug-likeness (QED) is 0.515. The molecule has 2 heterocycles. The second kappa shape index (κ2) is 8.26. The second-order valence-corrected chi connectivity index (χ2v) is 8.04. The third kappa shape index (κ3) is 3.93. The molecule has 9 heteroatoms. The number of rotatable bonds is 3. The van der Waals surface area contributed by atoms with Crippen molar-refractivity contribution in [2.24, 2.45) is 0 Å². The molecule has 0 fully saturated rings. The van der Waals surface area contributed by atoms with Crippen molar-refractivity contribution in [2.45, 2.75) is 13.0 Å². The van der Waals surface area contributed by atoms with E-state index in [1.54, 1.807) is 17.0 Å². The first-order valence-corrected chi connectivity index (χ1v) is 9.97. The average molecular weight is 500 g/mol. The summed E-state index contributed by atoms with van der Waals surface area (Å²) in [5.74, 6) is -0.800. The van der Waals surface area contributed by atoms with Crippen LogP contribution in [-0.4, -0.2) is 43.6 Å². The Morgan fingerprint density at radius 3 is 2.59 bits per heavy atom. The first-order valence-electron chi connectivity index (χ1n) is 8.07. The topological polar surface area (TPSA) is 84.9 Å². The number of esters is 1. The minimum Gasteiger partial charge on any atom is -0.465 e. The van der Waals surface area contributed by atoms with E-state index in [-0.39, 0.29) is 5.91 Å². The fourth-order valence-electron chi connectivity index (χ4n) is 2.91. The van der Waals surface area contributed by atoms with E-state index in [1.807, 2.05) is 12.1 Å². The van der Waals surface area contributed by atoms with Gasteiger partial charge in [0.15, 0.2) is 0 Å². The molecular formula is C18H17IN2O5S. The fraction of sp³-hybridized carbons (Fsp3) is 0.278. The normalized spacial score (nSPS) is 12.9. The molecule has 0 bridgehead atoms. The van der Waals surface area contributed by atoms with Crippen LogP contribution in [0.4, 0.5) is 9.80 Å². The number of methoxy groups -OCH3 is 2. The van der Waals surface area contributed by atoms with Gasteiger partial charge >= 0.3 is 12.1 Å². The number of hydrogen-bond donors (Lipinski definition) is 1. The zero-order valence-corrected chi connectivity index (χ0v) is 17.7. The first-order chi connectivity index (χ1) is 13.0. The number of fused-ring (bicyclic) bond motifs is 1. The highest BCUT2D eigenvalue weighted by molar-refractivity contribution is 14.1. The van der Waals surface area contributed by atoms with E-state index < -0.39 is 12.1 Å². The van der Waals surface area contributed by atoms with Gasteiger partial charge in [-0.05, 0) is 46.7 Å². The fourth-order valence-corrected chi connectivity index (χ4v) is 4.79. The summed E-state index contributed by atoms with van der Waals surface area (Å²) in [5.41, 5.74) is 1.70. The number of thiophene rings is 1. The van der Waals surface area contributed by atoms with Crippen LogP contribution in [0.15, 0.2) is 24.3 Å². The van der Waals surface area contributed by atoms with Gasteiger partial charge in [0, 0.05) is 15.0 Å². The van der Waals surface area contributed by atoms with Crippen LogP contribution in [0.3, 0.4) is 0 Å². The van der Waals surface area contributed by atoms with Crippen LogP contribution in [0.5, 0.6) is 0 Å². The number of halogens is 1. The highest BCUT2D eigenvalue weighted by Crippen LogP contribution is 2.38. The summed E-state index contributed by atoms with van der Waals surface area (Å²) < 4.78 is 10.5. The molecule has 1 aliphatic heterocycles. The van der Waals surface area contributed by atoms with Gasteiger partial charge in [0.25, 0.3) is 5.91 Å². The van der Waals surface area contributed by atoms with E-state index in [0.717, 1.165) is 14.0 Å². The lowest BCUT2D eigenvalue weighted by Gasteiger charge is -2.25. The van der Waals surface area contributed by atoms with Gasteiger partial charge in [0.05, 0.1) is 31.9 Å². The number of ether oxygens (including phenoxy) is 2. The van der Waals surface area contributed by atoms with Gasteiger partial charge < -0.3 is 19.7 Å². The molecule has 0 atom stereocenters. The lowest BCUT2D eigenvalue weighted by molar-refractivity contribution is 0.0600. The third-order valence-corrected chi connectivity index (χ3v) is 6.30. The van der Waals surface area contributed by atoms with Crippen molar-refractivity contribution in [2.75, 3.05) is 26.1 Å². The summed E-state index contributed by atoms with van der Waals surface area (Å²) in [5, 5.41) is 3.27. The summed E-state index contributed by atoms with van der Waals surface area (Å²) in [6.07, 6.45) is 0.0718. The SMILES string of the molecule is COC(=O)c1c(NC(=O)c2ccccc2I)sc2c1CCN(C(=O)OC)C2. The molecule has 142 valence electrons. The molecule has 3 rings (SSSR count). The number of nitrogens with one attached hydrogen (secondary N) is 1. The summed E-state index contributed by atoms with van der Waals surface area (Å²) in [4.78, 5) is 39.2. The summed E-state index contributed by atoms with van der Waals surface area (Å²) in [7, 11) is 2.64. The molecular weight excluding hydrogens is 483 g/mol. The van der Waals surface area contributed by atoms with E-state index in [1.165, 1.54) is 25.6 Å². The Labute approximate surface area is 173 Å². The number of nitrogens with zero attached hydrogens (tertiary/aromatic N) is 1. The number of hydrogen-bond acceptors (Lipinski definition) is 6. The Kier molecular flexibility index (Phi) is 6.00. The minimum atomic E-state index is -0.503. The van der Waals surface area contributed by atoms with Gasteiger partial charge in [-0.1, -0.05) is 12.1 Å². The molecule has 0 radical (unpaired) electrons. The Hall–Kier alpha value is -2.14. The summed E-state index contributed by atoms with van der Waals surface area (Å²) in [6, 6.07) is 7.20. The predicted octanol–water partition coefficient (Wildman–Crippen LogP) is 3.52. The predicted molar refractivity (Wildman–Crippen MR) is 109 cm³/mol. The summed E-state index contributed by atoms with van der Waals surface area (Å²) in [6.45, 7) is 0.764.